The van der Waals surface area contributed by atoms with E-state index in [1.165, 1.54) is 17.7 Å². The van der Waals surface area contributed by atoms with Gasteiger partial charge in [-0.2, -0.15) is 0 Å². The van der Waals surface area contributed by atoms with Crippen LogP contribution in [0.25, 0.3) is 22.0 Å². The summed E-state index contributed by atoms with van der Waals surface area (Å²) in [6, 6.07) is 11.9. The molecule has 0 amide bonds. The van der Waals surface area contributed by atoms with Crippen molar-refractivity contribution in [3.8, 4) is 11.1 Å². The van der Waals surface area contributed by atoms with E-state index in [4.69, 9.17) is 18.0 Å². The molecule has 0 aliphatic carbocycles. The van der Waals surface area contributed by atoms with Gasteiger partial charge in [-0.05, 0) is 30.2 Å². The van der Waals surface area contributed by atoms with E-state index in [-0.39, 0.29) is 4.99 Å². The molecule has 0 bridgehead atoms. The maximum Gasteiger partial charge on any atom is 0.253 e. The quantitative estimate of drug-likeness (QED) is 0.346. The van der Waals surface area contributed by atoms with Crippen LogP contribution in [0.4, 0.5) is 17.6 Å². The van der Waals surface area contributed by atoms with Crippen molar-refractivity contribution in [3.63, 3.8) is 0 Å². The standard InChI is InChI=1S/C22H22F4N2O2S/c1-12(30)13-5-6-16-17(14-3-2-4-15(7-14)19(27)31)9-28(18(16)8-13)10-22(11-29,20(23)24)21(25)26/h2-9,12,20-21,29-30H,10-11H2,1H3,(H2,27,31). The molecule has 1 heterocycles. The van der Waals surface area contributed by atoms with Crippen LogP contribution in [0, 0.1) is 5.41 Å². The fraction of sp³-hybridized carbons (Fsp3) is 0.318. The molecule has 1 unspecified atom stereocenters. The van der Waals surface area contributed by atoms with Crippen molar-refractivity contribution in [3.05, 3.63) is 59.8 Å². The Balaban J connectivity index is 2.25. The summed E-state index contributed by atoms with van der Waals surface area (Å²) in [5.41, 5.74) is 5.52. The third kappa shape index (κ3) is 4.30. The molecule has 166 valence electrons. The first kappa shape index (κ1) is 23.2. The molecule has 0 saturated carbocycles. The van der Waals surface area contributed by atoms with Crippen LogP contribution in [0.2, 0.25) is 0 Å². The maximum absolute atomic E-state index is 13.6. The number of aliphatic hydroxyl groups is 2. The van der Waals surface area contributed by atoms with E-state index >= 15 is 0 Å². The molecule has 0 saturated heterocycles. The number of rotatable bonds is 8. The molecular weight excluding hydrogens is 432 g/mol. The predicted molar refractivity (Wildman–Crippen MR) is 115 cm³/mol. The number of hydrogen-bond donors (Lipinski definition) is 3. The van der Waals surface area contributed by atoms with Crippen molar-refractivity contribution in [1.82, 2.24) is 4.57 Å². The van der Waals surface area contributed by atoms with Crippen LogP contribution < -0.4 is 5.73 Å². The third-order valence-electron chi connectivity index (χ3n) is 5.48. The molecule has 3 aromatic rings. The number of fused-ring (bicyclic) bond motifs is 1. The zero-order valence-electron chi connectivity index (χ0n) is 16.6. The second kappa shape index (κ2) is 8.94. The zero-order chi connectivity index (χ0) is 22.9. The normalized spacial score (nSPS) is 13.3. The minimum absolute atomic E-state index is 0.177. The Morgan fingerprint density at radius 3 is 2.35 bits per heavy atom. The van der Waals surface area contributed by atoms with Gasteiger partial charge in [0.1, 0.15) is 10.4 Å². The molecule has 2 aromatic carbocycles. The summed E-state index contributed by atoms with van der Waals surface area (Å²) in [4.78, 5) is 0.177. The number of nitrogens with two attached hydrogens (primary N) is 1. The lowest BCUT2D eigenvalue weighted by Crippen LogP contribution is -2.44. The van der Waals surface area contributed by atoms with Crippen LogP contribution >= 0.6 is 12.2 Å². The third-order valence-corrected chi connectivity index (χ3v) is 5.71. The molecule has 9 heteroatoms. The molecular formula is C22H22F4N2O2S. The summed E-state index contributed by atoms with van der Waals surface area (Å²) >= 11 is 5.01. The van der Waals surface area contributed by atoms with Crippen LogP contribution in [-0.4, -0.2) is 39.2 Å². The highest BCUT2D eigenvalue weighted by atomic mass is 32.1. The largest absolute Gasteiger partial charge is 0.395 e. The van der Waals surface area contributed by atoms with Gasteiger partial charge < -0.3 is 20.5 Å². The summed E-state index contributed by atoms with van der Waals surface area (Å²) < 4.78 is 55.9. The summed E-state index contributed by atoms with van der Waals surface area (Å²) in [5.74, 6) is 0. The zero-order valence-corrected chi connectivity index (χ0v) is 17.4. The number of alkyl halides is 4. The Morgan fingerprint density at radius 1 is 1.13 bits per heavy atom. The number of nitrogens with zero attached hydrogens (tertiary/aromatic N) is 1. The first-order valence-electron chi connectivity index (χ1n) is 9.49. The van der Waals surface area contributed by atoms with Crippen LogP contribution in [0.3, 0.4) is 0 Å². The monoisotopic (exact) mass is 454 g/mol. The van der Waals surface area contributed by atoms with Gasteiger partial charge in [0.05, 0.1) is 12.7 Å². The van der Waals surface area contributed by atoms with Crippen molar-refractivity contribution >= 4 is 28.1 Å². The Labute approximate surface area is 181 Å². The number of halogens is 4. The Hall–Kier alpha value is -2.49. The first-order valence-corrected chi connectivity index (χ1v) is 9.89. The Kier molecular flexibility index (Phi) is 6.68. The van der Waals surface area contributed by atoms with Gasteiger partial charge in [0, 0.05) is 34.8 Å². The fourth-order valence-electron chi connectivity index (χ4n) is 3.51. The lowest BCUT2D eigenvalue weighted by Gasteiger charge is -2.30. The number of benzene rings is 2. The minimum Gasteiger partial charge on any atom is -0.395 e. The summed E-state index contributed by atoms with van der Waals surface area (Å²) in [7, 11) is 0. The lowest BCUT2D eigenvalue weighted by molar-refractivity contribution is -0.141. The van der Waals surface area contributed by atoms with Crippen molar-refractivity contribution < 1.29 is 27.8 Å². The molecule has 31 heavy (non-hydrogen) atoms. The average molecular weight is 454 g/mol. The topological polar surface area (TPSA) is 71.4 Å². The van der Waals surface area contributed by atoms with Crippen molar-refractivity contribution in [2.45, 2.75) is 32.4 Å². The number of hydrogen-bond acceptors (Lipinski definition) is 3. The smallest absolute Gasteiger partial charge is 0.253 e. The second-order valence-corrected chi connectivity index (χ2v) is 8.00. The lowest BCUT2D eigenvalue weighted by atomic mass is 9.89. The van der Waals surface area contributed by atoms with Crippen LogP contribution in [0.5, 0.6) is 0 Å². The van der Waals surface area contributed by atoms with Gasteiger partial charge in [-0.1, -0.05) is 42.5 Å². The highest BCUT2D eigenvalue weighted by Crippen LogP contribution is 2.39. The van der Waals surface area contributed by atoms with E-state index in [0.29, 0.717) is 33.2 Å². The van der Waals surface area contributed by atoms with Crippen molar-refractivity contribution in [2.24, 2.45) is 11.1 Å². The summed E-state index contributed by atoms with van der Waals surface area (Å²) in [6.45, 7) is -0.657. The van der Waals surface area contributed by atoms with Crippen LogP contribution in [0.1, 0.15) is 24.2 Å². The van der Waals surface area contributed by atoms with Gasteiger partial charge in [0.15, 0.2) is 0 Å². The van der Waals surface area contributed by atoms with Gasteiger partial charge in [0.2, 0.25) is 0 Å². The van der Waals surface area contributed by atoms with Crippen LogP contribution in [-0.2, 0) is 6.54 Å². The second-order valence-electron chi connectivity index (χ2n) is 7.56. The molecule has 4 nitrogen and oxygen atoms in total. The number of aromatic nitrogens is 1. The van der Waals surface area contributed by atoms with E-state index < -0.39 is 37.5 Å². The molecule has 0 aliphatic rings. The van der Waals surface area contributed by atoms with Gasteiger partial charge >= 0.3 is 0 Å². The summed E-state index contributed by atoms with van der Waals surface area (Å²) in [5, 5.41) is 20.0. The van der Waals surface area contributed by atoms with Gasteiger partial charge in [0.25, 0.3) is 12.9 Å². The van der Waals surface area contributed by atoms with E-state index in [2.05, 4.69) is 0 Å². The van der Waals surface area contributed by atoms with Gasteiger partial charge in [-0.3, -0.25) is 0 Å². The number of thiocarbonyl (C=S) groups is 1. The molecule has 0 spiro atoms. The van der Waals surface area contributed by atoms with Gasteiger partial charge in [-0.25, -0.2) is 17.6 Å². The molecule has 1 aromatic heterocycles. The molecule has 3 rings (SSSR count). The number of aliphatic hydroxyl groups excluding tert-OH is 2. The molecule has 0 radical (unpaired) electrons. The minimum atomic E-state index is -3.45. The van der Waals surface area contributed by atoms with E-state index in [1.807, 2.05) is 0 Å². The highest BCUT2D eigenvalue weighted by molar-refractivity contribution is 7.80. The first-order chi connectivity index (χ1) is 14.6. The van der Waals surface area contributed by atoms with Crippen molar-refractivity contribution in [1.29, 1.82) is 0 Å². The van der Waals surface area contributed by atoms with Crippen molar-refractivity contribution in [2.75, 3.05) is 6.61 Å². The Bertz CT molecular complexity index is 1090. The SMILES string of the molecule is CC(O)c1ccc2c(-c3cccc(C(N)=S)c3)cn(CC(CO)(C(F)F)C(F)F)c2c1. The van der Waals surface area contributed by atoms with E-state index in [0.717, 1.165) is 0 Å². The maximum atomic E-state index is 13.6. The van der Waals surface area contributed by atoms with E-state index in [9.17, 15) is 27.8 Å². The van der Waals surface area contributed by atoms with Crippen LogP contribution in [0.15, 0.2) is 48.7 Å². The molecule has 1 atom stereocenters. The predicted octanol–water partition coefficient (Wildman–Crippen LogP) is 4.50. The van der Waals surface area contributed by atoms with Gasteiger partial charge in [-0.15, -0.1) is 0 Å². The summed E-state index contributed by atoms with van der Waals surface area (Å²) in [6.07, 6.45) is -6.25. The Morgan fingerprint density at radius 2 is 1.81 bits per heavy atom. The molecule has 0 fully saturated rings. The average Bonchev–Trinajstić information content (AvgIpc) is 3.09. The fourth-order valence-corrected chi connectivity index (χ4v) is 3.64. The highest BCUT2D eigenvalue weighted by Gasteiger charge is 2.49. The van der Waals surface area contributed by atoms with E-state index in [1.54, 1.807) is 42.5 Å². The molecule has 4 N–H and O–H groups in total. The molecule has 0 aliphatic heterocycles.